The first kappa shape index (κ1) is 15.8. The van der Waals surface area contributed by atoms with E-state index in [9.17, 15) is 9.90 Å². The van der Waals surface area contributed by atoms with E-state index in [1.807, 2.05) is 0 Å². The average molecular weight is 282 g/mol. The van der Waals surface area contributed by atoms with E-state index in [0.717, 1.165) is 44.9 Å². The van der Waals surface area contributed by atoms with Crippen molar-refractivity contribution in [3.63, 3.8) is 0 Å². The maximum Gasteiger partial charge on any atom is 0.323 e. The molecule has 2 N–H and O–H groups in total. The predicted molar refractivity (Wildman–Crippen MR) is 80.9 cm³/mol. The monoisotopic (exact) mass is 282 g/mol. The maximum absolute atomic E-state index is 11.8. The van der Waals surface area contributed by atoms with Gasteiger partial charge in [-0.1, -0.05) is 6.92 Å². The molecule has 4 heteroatoms. The Morgan fingerprint density at radius 1 is 1.40 bits per heavy atom. The van der Waals surface area contributed by atoms with Gasteiger partial charge in [0.05, 0.1) is 0 Å². The van der Waals surface area contributed by atoms with Crippen molar-refractivity contribution >= 4 is 5.97 Å². The van der Waals surface area contributed by atoms with Crippen LogP contribution in [-0.4, -0.2) is 46.2 Å². The zero-order valence-electron chi connectivity index (χ0n) is 13.4. The number of rotatable bonds is 6. The van der Waals surface area contributed by atoms with Crippen LogP contribution in [0.2, 0.25) is 0 Å². The lowest BCUT2D eigenvalue weighted by atomic mass is 9.77. The molecule has 0 saturated heterocycles. The van der Waals surface area contributed by atoms with Crippen molar-refractivity contribution < 1.29 is 9.90 Å². The third-order valence-corrected chi connectivity index (χ3v) is 5.56. The lowest BCUT2D eigenvalue weighted by Gasteiger charge is -2.47. The first-order valence-electron chi connectivity index (χ1n) is 8.05. The summed E-state index contributed by atoms with van der Waals surface area (Å²) in [5.74, 6) is -0.656. The number of hydrogen-bond donors (Lipinski definition) is 2. The van der Waals surface area contributed by atoms with Crippen LogP contribution in [0.4, 0.5) is 0 Å². The first-order chi connectivity index (χ1) is 9.31. The lowest BCUT2D eigenvalue weighted by Crippen LogP contribution is -2.60. The minimum atomic E-state index is -0.692. The third-order valence-electron chi connectivity index (χ3n) is 5.56. The molecule has 20 heavy (non-hydrogen) atoms. The molecule has 0 aromatic heterocycles. The highest BCUT2D eigenvalue weighted by Crippen LogP contribution is 2.36. The molecule has 2 fully saturated rings. The van der Waals surface area contributed by atoms with E-state index < -0.39 is 11.5 Å². The van der Waals surface area contributed by atoms with Crippen molar-refractivity contribution in [1.82, 2.24) is 10.2 Å². The van der Waals surface area contributed by atoms with E-state index in [0.29, 0.717) is 12.1 Å². The molecule has 2 atom stereocenters. The molecular weight excluding hydrogens is 252 g/mol. The first-order valence-corrected chi connectivity index (χ1v) is 8.05. The summed E-state index contributed by atoms with van der Waals surface area (Å²) in [6.45, 7) is 6.70. The van der Waals surface area contributed by atoms with E-state index in [1.54, 1.807) is 0 Å². The van der Waals surface area contributed by atoms with Gasteiger partial charge in [0.25, 0.3) is 0 Å². The summed E-state index contributed by atoms with van der Waals surface area (Å²) in [6, 6.07) is 0.801. The molecule has 2 unspecified atom stereocenters. The standard InChI is InChI=1S/C16H30N2O2/c1-5-15(2,3)18(4)13-7-6-10-16(11-13,14(19)20)17-12-8-9-12/h12-13,17H,5-11H2,1-4H3,(H,19,20). The summed E-state index contributed by atoms with van der Waals surface area (Å²) in [5.41, 5.74) is -0.562. The van der Waals surface area contributed by atoms with E-state index in [-0.39, 0.29) is 5.54 Å². The van der Waals surface area contributed by atoms with Gasteiger partial charge in [-0.2, -0.15) is 0 Å². The van der Waals surface area contributed by atoms with Crippen molar-refractivity contribution in [1.29, 1.82) is 0 Å². The molecule has 2 aliphatic carbocycles. The fourth-order valence-electron chi connectivity index (χ4n) is 3.33. The van der Waals surface area contributed by atoms with Gasteiger partial charge < -0.3 is 5.11 Å². The van der Waals surface area contributed by atoms with Crippen LogP contribution < -0.4 is 5.32 Å². The molecule has 0 aromatic carbocycles. The largest absolute Gasteiger partial charge is 0.480 e. The van der Waals surface area contributed by atoms with Gasteiger partial charge in [0.1, 0.15) is 5.54 Å². The van der Waals surface area contributed by atoms with Crippen LogP contribution in [0.1, 0.15) is 65.7 Å². The van der Waals surface area contributed by atoms with E-state index in [4.69, 9.17) is 0 Å². The maximum atomic E-state index is 11.8. The fourth-order valence-corrected chi connectivity index (χ4v) is 3.33. The molecule has 0 amide bonds. The molecule has 116 valence electrons. The normalized spacial score (nSPS) is 31.6. The topological polar surface area (TPSA) is 52.6 Å². The third kappa shape index (κ3) is 3.17. The minimum Gasteiger partial charge on any atom is -0.480 e. The van der Waals surface area contributed by atoms with Crippen LogP contribution in [0.5, 0.6) is 0 Å². The summed E-state index contributed by atoms with van der Waals surface area (Å²) in [6.07, 6.45) is 6.97. The van der Waals surface area contributed by atoms with Crippen LogP contribution in [0, 0.1) is 0 Å². The van der Waals surface area contributed by atoms with Crippen molar-refractivity contribution in [2.45, 2.75) is 88.9 Å². The SMILES string of the molecule is CCC(C)(C)N(C)C1CCCC(NC2CC2)(C(=O)O)C1. The van der Waals surface area contributed by atoms with Crippen LogP contribution in [0.25, 0.3) is 0 Å². The van der Waals surface area contributed by atoms with Crippen molar-refractivity contribution in [2.75, 3.05) is 7.05 Å². The smallest absolute Gasteiger partial charge is 0.323 e. The van der Waals surface area contributed by atoms with Gasteiger partial charge in [-0.15, -0.1) is 0 Å². The Labute approximate surface area is 122 Å². The van der Waals surface area contributed by atoms with Crippen LogP contribution in [0.15, 0.2) is 0 Å². The summed E-state index contributed by atoms with van der Waals surface area (Å²) in [4.78, 5) is 14.2. The van der Waals surface area contributed by atoms with Gasteiger partial charge in [-0.25, -0.2) is 0 Å². The van der Waals surface area contributed by atoms with Crippen molar-refractivity contribution in [2.24, 2.45) is 0 Å². The van der Waals surface area contributed by atoms with Gasteiger partial charge in [0, 0.05) is 17.6 Å². The van der Waals surface area contributed by atoms with Gasteiger partial charge >= 0.3 is 5.97 Å². The Balaban J connectivity index is 2.10. The molecular formula is C16H30N2O2. The van der Waals surface area contributed by atoms with Crippen LogP contribution in [-0.2, 0) is 4.79 Å². The number of carboxylic acids is 1. The Kier molecular flexibility index (Phi) is 4.45. The number of nitrogens with zero attached hydrogens (tertiary/aromatic N) is 1. The van der Waals surface area contributed by atoms with Crippen molar-refractivity contribution in [3.8, 4) is 0 Å². The van der Waals surface area contributed by atoms with E-state index >= 15 is 0 Å². The van der Waals surface area contributed by atoms with Crippen LogP contribution >= 0.6 is 0 Å². The zero-order chi connectivity index (χ0) is 15.0. The molecule has 2 saturated carbocycles. The van der Waals surface area contributed by atoms with E-state index in [1.165, 1.54) is 0 Å². The van der Waals surface area contributed by atoms with Crippen LogP contribution in [0.3, 0.4) is 0 Å². The molecule has 0 spiro atoms. The number of hydrogen-bond acceptors (Lipinski definition) is 3. The zero-order valence-corrected chi connectivity index (χ0v) is 13.4. The molecule has 0 bridgehead atoms. The molecule has 0 aliphatic heterocycles. The summed E-state index contributed by atoms with van der Waals surface area (Å²) >= 11 is 0. The quantitative estimate of drug-likeness (QED) is 0.786. The highest BCUT2D eigenvalue weighted by Gasteiger charge is 2.47. The Morgan fingerprint density at radius 2 is 2.05 bits per heavy atom. The fraction of sp³-hybridized carbons (Fsp3) is 0.938. The average Bonchev–Trinajstić information content (AvgIpc) is 3.21. The predicted octanol–water partition coefficient (Wildman–Crippen LogP) is 2.62. The highest BCUT2D eigenvalue weighted by atomic mass is 16.4. The lowest BCUT2D eigenvalue weighted by molar-refractivity contribution is -0.148. The molecule has 0 radical (unpaired) electrons. The van der Waals surface area contributed by atoms with Gasteiger partial charge in [0.2, 0.25) is 0 Å². The Hall–Kier alpha value is -0.610. The molecule has 2 aliphatic rings. The summed E-state index contributed by atoms with van der Waals surface area (Å²) in [7, 11) is 2.16. The number of aliphatic carboxylic acids is 1. The molecule has 0 aromatic rings. The molecule has 0 heterocycles. The number of carboxylic acid groups (broad SMARTS) is 1. The van der Waals surface area contributed by atoms with Gasteiger partial charge in [-0.3, -0.25) is 15.0 Å². The Morgan fingerprint density at radius 3 is 2.55 bits per heavy atom. The minimum absolute atomic E-state index is 0.131. The second-order valence-corrected chi connectivity index (χ2v) is 7.33. The second kappa shape index (κ2) is 5.64. The Bertz CT molecular complexity index is 365. The highest BCUT2D eigenvalue weighted by molar-refractivity contribution is 5.79. The van der Waals surface area contributed by atoms with Gasteiger partial charge in [-0.05, 0) is 65.8 Å². The number of carbonyl (C=O) groups is 1. The summed E-state index contributed by atoms with van der Waals surface area (Å²) in [5, 5.41) is 13.2. The molecule has 2 rings (SSSR count). The van der Waals surface area contributed by atoms with Crippen molar-refractivity contribution in [3.05, 3.63) is 0 Å². The molecule has 4 nitrogen and oxygen atoms in total. The number of nitrogens with one attached hydrogen (secondary N) is 1. The summed E-state index contributed by atoms with van der Waals surface area (Å²) < 4.78 is 0. The van der Waals surface area contributed by atoms with E-state index in [2.05, 4.69) is 38.0 Å². The second-order valence-electron chi connectivity index (χ2n) is 7.33. The van der Waals surface area contributed by atoms with Gasteiger partial charge in [0.15, 0.2) is 0 Å².